The van der Waals surface area contributed by atoms with Crippen molar-refractivity contribution in [3.63, 3.8) is 0 Å². The highest BCUT2D eigenvalue weighted by atomic mass is 35.5. The van der Waals surface area contributed by atoms with Gasteiger partial charge in [0.2, 0.25) is 5.82 Å². The molecule has 2 rings (SSSR count). The summed E-state index contributed by atoms with van der Waals surface area (Å²) in [5.41, 5.74) is 2.00. The molecule has 0 bridgehead atoms. The number of hydrogen-bond donors (Lipinski definition) is 1. The van der Waals surface area contributed by atoms with Crippen LogP contribution in [-0.4, -0.2) is 4.92 Å². The minimum absolute atomic E-state index is 0.486. The molecule has 0 saturated carbocycles. The van der Waals surface area contributed by atoms with Crippen molar-refractivity contribution in [2.75, 3.05) is 5.32 Å². The van der Waals surface area contributed by atoms with Crippen LogP contribution in [-0.2, 0) is 6.54 Å². The lowest BCUT2D eigenvalue weighted by Crippen LogP contribution is -2.02. The van der Waals surface area contributed by atoms with E-state index in [1.165, 1.54) is 6.07 Å². The third kappa shape index (κ3) is 3.24. The van der Waals surface area contributed by atoms with Crippen molar-refractivity contribution in [2.24, 2.45) is 0 Å². The topological polar surface area (TPSA) is 55.2 Å². The summed E-state index contributed by atoms with van der Waals surface area (Å²) in [5, 5.41) is 14.2. The van der Waals surface area contributed by atoms with Gasteiger partial charge in [0.05, 0.1) is 4.92 Å². The molecule has 0 amide bonds. The monoisotopic (exact) mass is 294 g/mol. The Balaban J connectivity index is 2.11. The van der Waals surface area contributed by atoms with Gasteiger partial charge < -0.3 is 5.32 Å². The fraction of sp³-hybridized carbons (Fsp3) is 0.143. The van der Waals surface area contributed by atoms with E-state index in [1.807, 2.05) is 19.1 Å². The quantitative estimate of drug-likeness (QED) is 0.675. The highest BCUT2D eigenvalue weighted by Gasteiger charge is 2.13. The fourth-order valence-corrected chi connectivity index (χ4v) is 2.05. The zero-order chi connectivity index (χ0) is 14.7. The molecule has 0 aromatic heterocycles. The summed E-state index contributed by atoms with van der Waals surface area (Å²) in [6.07, 6.45) is 0. The highest BCUT2D eigenvalue weighted by molar-refractivity contribution is 6.30. The van der Waals surface area contributed by atoms with Gasteiger partial charge in [0, 0.05) is 29.4 Å². The number of rotatable bonds is 4. The zero-order valence-electron chi connectivity index (χ0n) is 10.7. The summed E-state index contributed by atoms with van der Waals surface area (Å²) in [6.45, 7) is 2.42. The Kier molecular flexibility index (Phi) is 4.20. The molecular weight excluding hydrogens is 283 g/mol. The lowest BCUT2D eigenvalue weighted by molar-refractivity contribution is -0.387. The molecule has 4 nitrogen and oxygen atoms in total. The Bertz CT molecular complexity index is 662. The molecule has 0 fully saturated rings. The van der Waals surface area contributed by atoms with Crippen LogP contribution in [0.15, 0.2) is 36.4 Å². The second-order valence-electron chi connectivity index (χ2n) is 4.35. The Hall–Kier alpha value is -2.14. The zero-order valence-corrected chi connectivity index (χ0v) is 11.4. The molecule has 20 heavy (non-hydrogen) atoms. The van der Waals surface area contributed by atoms with E-state index < -0.39 is 16.4 Å². The van der Waals surface area contributed by atoms with E-state index in [-0.39, 0.29) is 0 Å². The third-order valence-corrected chi connectivity index (χ3v) is 3.17. The average molecular weight is 295 g/mol. The van der Waals surface area contributed by atoms with Crippen molar-refractivity contribution < 1.29 is 9.31 Å². The molecule has 2 aromatic rings. The standard InChI is InChI=1S/C14H12ClFN2O2/c1-9-6-11(15)3-2-10(9)8-17-12-4-5-14(18(19)20)13(16)7-12/h2-7,17H,8H2,1H3. The average Bonchev–Trinajstić information content (AvgIpc) is 2.37. The molecule has 0 atom stereocenters. The second-order valence-corrected chi connectivity index (χ2v) is 4.78. The van der Waals surface area contributed by atoms with Gasteiger partial charge in [-0.2, -0.15) is 4.39 Å². The summed E-state index contributed by atoms with van der Waals surface area (Å²) in [4.78, 5) is 9.77. The van der Waals surface area contributed by atoms with Crippen molar-refractivity contribution in [1.29, 1.82) is 0 Å². The predicted octanol–water partition coefficient (Wildman–Crippen LogP) is 4.31. The first-order valence-corrected chi connectivity index (χ1v) is 6.28. The van der Waals surface area contributed by atoms with E-state index in [4.69, 9.17) is 11.6 Å². The van der Waals surface area contributed by atoms with Gasteiger partial charge in [-0.1, -0.05) is 17.7 Å². The summed E-state index contributed by atoms with van der Waals surface area (Å²) in [7, 11) is 0. The van der Waals surface area contributed by atoms with Gasteiger partial charge in [0.1, 0.15) is 0 Å². The summed E-state index contributed by atoms with van der Waals surface area (Å²) < 4.78 is 13.5. The second kappa shape index (κ2) is 5.88. The van der Waals surface area contributed by atoms with E-state index in [2.05, 4.69) is 5.32 Å². The minimum Gasteiger partial charge on any atom is -0.381 e. The van der Waals surface area contributed by atoms with Crippen LogP contribution < -0.4 is 5.32 Å². The van der Waals surface area contributed by atoms with E-state index in [9.17, 15) is 14.5 Å². The van der Waals surface area contributed by atoms with Gasteiger partial charge >= 0.3 is 5.69 Å². The van der Waals surface area contributed by atoms with Crippen LogP contribution in [0.1, 0.15) is 11.1 Å². The minimum atomic E-state index is -0.854. The van der Waals surface area contributed by atoms with Crippen LogP contribution in [0.5, 0.6) is 0 Å². The smallest absolute Gasteiger partial charge is 0.304 e. The Morgan fingerprint density at radius 2 is 2.05 bits per heavy atom. The Morgan fingerprint density at radius 1 is 1.30 bits per heavy atom. The number of nitrogens with zero attached hydrogens (tertiary/aromatic N) is 1. The van der Waals surface area contributed by atoms with Crippen molar-refractivity contribution >= 4 is 23.0 Å². The molecule has 0 unspecified atom stereocenters. The maximum atomic E-state index is 13.5. The molecule has 104 valence electrons. The number of nitrogens with one attached hydrogen (secondary N) is 1. The number of aryl methyl sites for hydroxylation is 1. The maximum absolute atomic E-state index is 13.5. The molecule has 1 N–H and O–H groups in total. The molecule has 0 spiro atoms. The molecule has 6 heteroatoms. The predicted molar refractivity (Wildman–Crippen MR) is 76.6 cm³/mol. The van der Waals surface area contributed by atoms with Gasteiger partial charge in [0.15, 0.2) is 0 Å². The normalized spacial score (nSPS) is 10.3. The number of nitro groups is 1. The molecule has 0 aliphatic heterocycles. The van der Waals surface area contributed by atoms with Crippen LogP contribution >= 0.6 is 11.6 Å². The molecule has 0 radical (unpaired) electrons. The van der Waals surface area contributed by atoms with Gasteiger partial charge in [0.25, 0.3) is 0 Å². The first-order valence-electron chi connectivity index (χ1n) is 5.90. The van der Waals surface area contributed by atoms with Gasteiger partial charge in [-0.3, -0.25) is 10.1 Å². The van der Waals surface area contributed by atoms with Crippen molar-refractivity contribution in [3.05, 3.63) is 68.5 Å². The first kappa shape index (κ1) is 14.3. The molecule has 2 aromatic carbocycles. The number of halogens is 2. The first-order chi connectivity index (χ1) is 9.47. The fourth-order valence-electron chi connectivity index (χ4n) is 1.82. The molecule has 0 saturated heterocycles. The molecule has 0 heterocycles. The largest absolute Gasteiger partial charge is 0.381 e. The molecule has 0 aliphatic carbocycles. The van der Waals surface area contributed by atoms with Crippen LogP contribution in [0.2, 0.25) is 5.02 Å². The molecular formula is C14H12ClFN2O2. The summed E-state index contributed by atoms with van der Waals surface area (Å²) in [6, 6.07) is 9.24. The van der Waals surface area contributed by atoms with Crippen molar-refractivity contribution in [3.8, 4) is 0 Å². The van der Waals surface area contributed by atoms with Crippen LogP contribution in [0.3, 0.4) is 0 Å². The number of hydrogen-bond acceptors (Lipinski definition) is 3. The van der Waals surface area contributed by atoms with Crippen molar-refractivity contribution in [1.82, 2.24) is 0 Å². The van der Waals surface area contributed by atoms with Crippen LogP contribution in [0, 0.1) is 22.9 Å². The summed E-state index contributed by atoms with van der Waals surface area (Å²) >= 11 is 5.87. The lowest BCUT2D eigenvalue weighted by atomic mass is 10.1. The maximum Gasteiger partial charge on any atom is 0.304 e. The van der Waals surface area contributed by atoms with E-state index in [0.717, 1.165) is 23.3 Å². The van der Waals surface area contributed by atoms with E-state index in [0.29, 0.717) is 17.3 Å². The SMILES string of the molecule is Cc1cc(Cl)ccc1CNc1ccc([N+](=O)[O-])c(F)c1. The van der Waals surface area contributed by atoms with E-state index >= 15 is 0 Å². The van der Waals surface area contributed by atoms with Gasteiger partial charge in [-0.25, -0.2) is 0 Å². The number of anilines is 1. The Morgan fingerprint density at radius 3 is 2.65 bits per heavy atom. The van der Waals surface area contributed by atoms with Crippen LogP contribution in [0.25, 0.3) is 0 Å². The lowest BCUT2D eigenvalue weighted by Gasteiger charge is -2.09. The van der Waals surface area contributed by atoms with E-state index in [1.54, 1.807) is 6.07 Å². The third-order valence-electron chi connectivity index (χ3n) is 2.93. The summed E-state index contributed by atoms with van der Waals surface area (Å²) in [5.74, 6) is -0.854. The van der Waals surface area contributed by atoms with Crippen molar-refractivity contribution in [2.45, 2.75) is 13.5 Å². The highest BCUT2D eigenvalue weighted by Crippen LogP contribution is 2.22. The van der Waals surface area contributed by atoms with Gasteiger partial charge in [-0.05, 0) is 36.2 Å². The Labute approximate surface area is 120 Å². The number of nitro benzene ring substituents is 1. The number of benzene rings is 2. The van der Waals surface area contributed by atoms with Gasteiger partial charge in [-0.15, -0.1) is 0 Å². The van der Waals surface area contributed by atoms with Crippen LogP contribution in [0.4, 0.5) is 15.8 Å². The molecule has 0 aliphatic rings.